The minimum Gasteiger partial charge on any atom is -0.381 e. The fourth-order valence-corrected chi connectivity index (χ4v) is 3.07. The highest BCUT2D eigenvalue weighted by molar-refractivity contribution is 6.44. The van der Waals surface area contributed by atoms with Gasteiger partial charge in [-0.2, -0.15) is 0 Å². The Labute approximate surface area is 130 Å². The Morgan fingerprint density at radius 1 is 1.11 bits per heavy atom. The summed E-state index contributed by atoms with van der Waals surface area (Å²) >= 11 is 18.1. The average Bonchev–Trinajstić information content (AvgIpc) is 2.38. The summed E-state index contributed by atoms with van der Waals surface area (Å²) < 4.78 is 0. The van der Waals surface area contributed by atoms with Crippen molar-refractivity contribution < 1.29 is 0 Å². The van der Waals surface area contributed by atoms with E-state index < -0.39 is 0 Å². The zero-order valence-electron chi connectivity index (χ0n) is 11.1. The number of benzene rings is 1. The van der Waals surface area contributed by atoms with Crippen molar-refractivity contribution in [3.8, 4) is 0 Å². The molecule has 5 heteroatoms. The summed E-state index contributed by atoms with van der Waals surface area (Å²) in [6, 6.07) is 3.97. The van der Waals surface area contributed by atoms with E-state index in [1.807, 2.05) is 6.07 Å². The summed E-state index contributed by atoms with van der Waals surface area (Å²) in [6.07, 6.45) is 3.49. The van der Waals surface area contributed by atoms with Gasteiger partial charge < -0.3 is 10.2 Å². The molecule has 0 radical (unpaired) electrons. The van der Waals surface area contributed by atoms with Gasteiger partial charge in [-0.15, -0.1) is 0 Å². The van der Waals surface area contributed by atoms with Crippen molar-refractivity contribution in [2.24, 2.45) is 0 Å². The average molecular weight is 322 g/mol. The van der Waals surface area contributed by atoms with E-state index in [-0.39, 0.29) is 0 Å². The molecule has 1 N–H and O–H groups in total. The fraction of sp³-hybridized carbons (Fsp3) is 0.571. The number of hydrogen-bond donors (Lipinski definition) is 1. The predicted molar refractivity (Wildman–Crippen MR) is 84.8 cm³/mol. The van der Waals surface area contributed by atoms with Gasteiger partial charge in [0.15, 0.2) is 0 Å². The van der Waals surface area contributed by atoms with Gasteiger partial charge in [-0.3, -0.25) is 0 Å². The minimum absolute atomic E-state index is 0.461. The van der Waals surface area contributed by atoms with Crippen LogP contribution in [0.3, 0.4) is 0 Å². The topological polar surface area (TPSA) is 15.3 Å². The van der Waals surface area contributed by atoms with Gasteiger partial charge in [0.25, 0.3) is 0 Å². The first kappa shape index (κ1) is 15.2. The third-order valence-electron chi connectivity index (χ3n) is 3.50. The van der Waals surface area contributed by atoms with Crippen LogP contribution < -0.4 is 5.32 Å². The van der Waals surface area contributed by atoms with Gasteiger partial charge in [0.2, 0.25) is 0 Å². The van der Waals surface area contributed by atoms with Crippen LogP contribution in [-0.4, -0.2) is 30.6 Å². The molecule has 2 nitrogen and oxygen atoms in total. The van der Waals surface area contributed by atoms with Gasteiger partial charge in [0, 0.05) is 19.1 Å². The van der Waals surface area contributed by atoms with Crippen molar-refractivity contribution in [2.45, 2.75) is 32.2 Å². The molecule has 1 aliphatic rings. The van der Waals surface area contributed by atoms with E-state index in [0.29, 0.717) is 21.1 Å². The van der Waals surface area contributed by atoms with E-state index in [2.05, 4.69) is 17.1 Å². The lowest BCUT2D eigenvalue weighted by molar-refractivity contribution is 0.219. The highest BCUT2D eigenvalue weighted by atomic mass is 35.5. The van der Waals surface area contributed by atoms with E-state index in [4.69, 9.17) is 34.8 Å². The second-order valence-electron chi connectivity index (χ2n) is 5.01. The molecule has 2 rings (SSSR count). The highest BCUT2D eigenvalue weighted by Gasteiger charge is 2.19. The lowest BCUT2D eigenvalue weighted by Crippen LogP contribution is -2.39. The molecule has 1 aliphatic heterocycles. The van der Waals surface area contributed by atoms with Crippen LogP contribution in [0, 0.1) is 0 Å². The number of halogens is 3. The van der Waals surface area contributed by atoms with Crippen molar-refractivity contribution in [1.82, 2.24) is 4.90 Å². The summed E-state index contributed by atoms with van der Waals surface area (Å²) in [5, 5.41) is 5.14. The van der Waals surface area contributed by atoms with E-state index in [1.54, 1.807) is 6.07 Å². The van der Waals surface area contributed by atoms with Gasteiger partial charge in [-0.25, -0.2) is 0 Å². The van der Waals surface area contributed by atoms with E-state index in [0.717, 1.165) is 31.6 Å². The van der Waals surface area contributed by atoms with Crippen LogP contribution in [0.1, 0.15) is 26.2 Å². The normalized spacial score (nSPS) is 17.7. The summed E-state index contributed by atoms with van der Waals surface area (Å²) in [4.78, 5) is 2.51. The molecule has 1 fully saturated rings. The maximum Gasteiger partial charge on any atom is 0.0653 e. The molecule has 0 amide bonds. The first-order valence-corrected chi connectivity index (χ1v) is 7.87. The Hall–Kier alpha value is -0.150. The van der Waals surface area contributed by atoms with E-state index >= 15 is 0 Å². The highest BCUT2D eigenvalue weighted by Crippen LogP contribution is 2.33. The van der Waals surface area contributed by atoms with Gasteiger partial charge in [-0.05, 0) is 37.9 Å². The van der Waals surface area contributed by atoms with Crippen LogP contribution in [-0.2, 0) is 0 Å². The molecule has 0 unspecified atom stereocenters. The van der Waals surface area contributed by atoms with Gasteiger partial charge in [0.05, 0.1) is 20.8 Å². The van der Waals surface area contributed by atoms with Crippen LogP contribution in [0.5, 0.6) is 0 Å². The van der Waals surface area contributed by atoms with Crippen LogP contribution in [0.25, 0.3) is 0 Å². The van der Waals surface area contributed by atoms with Gasteiger partial charge in [0.1, 0.15) is 0 Å². The number of nitrogens with zero attached hydrogens (tertiary/aromatic N) is 1. The summed E-state index contributed by atoms with van der Waals surface area (Å²) in [5.41, 5.74) is 0.880. The molecule has 1 heterocycles. The Morgan fingerprint density at radius 2 is 1.74 bits per heavy atom. The number of likely N-dealkylation sites (tertiary alicyclic amines) is 1. The minimum atomic E-state index is 0.461. The third kappa shape index (κ3) is 4.16. The second kappa shape index (κ2) is 7.03. The molecular formula is C14H19Cl3N2. The Kier molecular flexibility index (Phi) is 5.64. The first-order chi connectivity index (χ1) is 9.10. The summed E-state index contributed by atoms with van der Waals surface area (Å²) in [5.74, 6) is 0. The summed E-state index contributed by atoms with van der Waals surface area (Å²) in [6.45, 7) is 5.70. The number of nitrogens with one attached hydrogen (secondary N) is 1. The van der Waals surface area contributed by atoms with Crippen molar-refractivity contribution in [3.05, 3.63) is 27.2 Å². The molecule has 0 aromatic heterocycles. The van der Waals surface area contributed by atoms with Gasteiger partial charge >= 0.3 is 0 Å². The fourth-order valence-electron chi connectivity index (χ4n) is 2.47. The SMILES string of the molecule is CCCN1CCC(Nc2cc(Cl)c(Cl)cc2Cl)CC1. The van der Waals surface area contributed by atoms with Crippen molar-refractivity contribution in [1.29, 1.82) is 0 Å². The maximum absolute atomic E-state index is 6.18. The predicted octanol–water partition coefficient (Wildman–Crippen LogP) is 4.93. The van der Waals surface area contributed by atoms with Crippen molar-refractivity contribution in [3.63, 3.8) is 0 Å². The monoisotopic (exact) mass is 320 g/mol. The van der Waals surface area contributed by atoms with Crippen LogP contribution >= 0.6 is 34.8 Å². The lowest BCUT2D eigenvalue weighted by Gasteiger charge is -2.32. The smallest absolute Gasteiger partial charge is 0.0653 e. The first-order valence-electron chi connectivity index (χ1n) is 6.73. The number of anilines is 1. The second-order valence-corrected chi connectivity index (χ2v) is 6.23. The van der Waals surface area contributed by atoms with E-state index in [1.165, 1.54) is 13.0 Å². The molecule has 106 valence electrons. The molecule has 0 saturated carbocycles. The standard InChI is InChI=1S/C14H19Cl3N2/c1-2-5-19-6-3-10(4-7-19)18-14-9-12(16)11(15)8-13(14)17/h8-10,18H,2-7H2,1H3. The zero-order chi connectivity index (χ0) is 13.8. The molecule has 19 heavy (non-hydrogen) atoms. The van der Waals surface area contributed by atoms with Crippen LogP contribution in [0.2, 0.25) is 15.1 Å². The van der Waals surface area contributed by atoms with Crippen LogP contribution in [0.4, 0.5) is 5.69 Å². The lowest BCUT2D eigenvalue weighted by atomic mass is 10.0. The van der Waals surface area contributed by atoms with E-state index in [9.17, 15) is 0 Å². The Morgan fingerprint density at radius 3 is 2.37 bits per heavy atom. The van der Waals surface area contributed by atoms with Gasteiger partial charge in [-0.1, -0.05) is 41.7 Å². The van der Waals surface area contributed by atoms with Crippen molar-refractivity contribution >= 4 is 40.5 Å². The Balaban J connectivity index is 1.94. The molecule has 0 bridgehead atoms. The third-order valence-corrected chi connectivity index (χ3v) is 4.53. The largest absolute Gasteiger partial charge is 0.381 e. The van der Waals surface area contributed by atoms with Crippen molar-refractivity contribution in [2.75, 3.05) is 25.0 Å². The quantitative estimate of drug-likeness (QED) is 0.791. The Bertz CT molecular complexity index is 429. The van der Waals surface area contributed by atoms with Crippen LogP contribution in [0.15, 0.2) is 12.1 Å². The zero-order valence-corrected chi connectivity index (χ0v) is 13.3. The molecule has 0 spiro atoms. The number of piperidine rings is 1. The molecule has 1 aromatic rings. The molecular weight excluding hydrogens is 303 g/mol. The molecule has 1 saturated heterocycles. The molecule has 0 atom stereocenters. The summed E-state index contributed by atoms with van der Waals surface area (Å²) in [7, 11) is 0. The molecule has 1 aromatic carbocycles. The maximum atomic E-state index is 6.18. The number of rotatable bonds is 4. The number of hydrogen-bond acceptors (Lipinski definition) is 2. The molecule has 0 aliphatic carbocycles.